The van der Waals surface area contributed by atoms with Crippen molar-refractivity contribution in [1.29, 1.82) is 0 Å². The number of benzene rings is 2. The Kier molecular flexibility index (Phi) is 5.66. The van der Waals surface area contributed by atoms with E-state index in [1.54, 1.807) is 11.8 Å². The van der Waals surface area contributed by atoms with E-state index in [0.717, 1.165) is 23.7 Å². The number of para-hydroxylation sites is 1. The van der Waals surface area contributed by atoms with Crippen LogP contribution in [0, 0.1) is 0 Å². The number of hydrogen-bond donors (Lipinski definition) is 1. The van der Waals surface area contributed by atoms with Gasteiger partial charge in [0.1, 0.15) is 0 Å². The second-order valence-electron chi connectivity index (χ2n) is 6.54. The summed E-state index contributed by atoms with van der Waals surface area (Å²) in [6.07, 6.45) is 2.04. The molecule has 2 aromatic carbocycles. The number of amides is 1. The lowest BCUT2D eigenvalue weighted by Gasteiger charge is -2.27. The Labute approximate surface area is 154 Å². The molecule has 0 saturated carbocycles. The fourth-order valence-corrected chi connectivity index (χ4v) is 3.76. The fourth-order valence-electron chi connectivity index (χ4n) is 3.30. The van der Waals surface area contributed by atoms with Crippen LogP contribution in [0.25, 0.3) is 0 Å². The van der Waals surface area contributed by atoms with E-state index in [0.29, 0.717) is 12.6 Å². The Balaban J connectivity index is 1.70. The van der Waals surface area contributed by atoms with E-state index < -0.39 is 0 Å². The number of nitrogens with zero attached hydrogens (tertiary/aromatic N) is 2. The minimum absolute atomic E-state index is 0.0344. The van der Waals surface area contributed by atoms with Crippen LogP contribution >= 0.6 is 11.8 Å². The average molecular weight is 356 g/mol. The Morgan fingerprint density at radius 2 is 2.04 bits per heavy atom. The molecule has 0 bridgehead atoms. The summed E-state index contributed by atoms with van der Waals surface area (Å²) in [7, 11) is 2.12. The summed E-state index contributed by atoms with van der Waals surface area (Å²) in [5.74, 6) is 0.0344. The van der Waals surface area contributed by atoms with Crippen LogP contribution in [0.3, 0.4) is 0 Å². The van der Waals surface area contributed by atoms with Crippen molar-refractivity contribution >= 4 is 29.0 Å². The van der Waals surface area contributed by atoms with Crippen molar-refractivity contribution in [2.75, 3.05) is 36.6 Å². The number of thioether (sulfide) groups is 1. The van der Waals surface area contributed by atoms with Crippen LogP contribution in [-0.2, 0) is 11.3 Å². The number of hydrogen-bond acceptors (Lipinski definition) is 4. The summed E-state index contributed by atoms with van der Waals surface area (Å²) < 4.78 is 0. The van der Waals surface area contributed by atoms with Crippen LogP contribution in [0.5, 0.6) is 0 Å². The number of carbonyl (C=O) groups is 1. The van der Waals surface area contributed by atoms with Crippen LogP contribution in [0.2, 0.25) is 0 Å². The van der Waals surface area contributed by atoms with Gasteiger partial charge in [-0.3, -0.25) is 9.69 Å². The third-order valence-corrected chi connectivity index (χ3v) is 5.36. The van der Waals surface area contributed by atoms with Gasteiger partial charge in [-0.2, -0.15) is 0 Å². The summed E-state index contributed by atoms with van der Waals surface area (Å²) in [4.78, 5) is 18.2. The number of rotatable bonds is 4. The second kappa shape index (κ2) is 7.93. The number of likely N-dealkylation sites (N-methyl/N-ethyl adjacent to an activating group) is 1. The Morgan fingerprint density at radius 3 is 2.84 bits per heavy atom. The van der Waals surface area contributed by atoms with Crippen LogP contribution < -0.4 is 10.2 Å². The number of carbonyl (C=O) groups excluding carboxylic acids is 1. The molecule has 1 aliphatic rings. The molecule has 2 aromatic rings. The molecular weight excluding hydrogens is 330 g/mol. The molecule has 1 N–H and O–H groups in total. The average Bonchev–Trinajstić information content (AvgIpc) is 2.72. The van der Waals surface area contributed by atoms with Gasteiger partial charge < -0.3 is 10.2 Å². The van der Waals surface area contributed by atoms with Gasteiger partial charge in [-0.1, -0.05) is 24.3 Å². The molecule has 1 aliphatic heterocycles. The Hall–Kier alpha value is -1.98. The number of anilines is 2. The quantitative estimate of drug-likeness (QED) is 0.849. The maximum atomic E-state index is 12.6. The highest BCUT2D eigenvalue weighted by molar-refractivity contribution is 7.98. The van der Waals surface area contributed by atoms with Crippen LogP contribution in [0.1, 0.15) is 12.5 Å². The van der Waals surface area contributed by atoms with Crippen LogP contribution in [-0.4, -0.2) is 43.2 Å². The maximum Gasteiger partial charge on any atom is 0.238 e. The van der Waals surface area contributed by atoms with Crippen molar-refractivity contribution in [1.82, 2.24) is 4.90 Å². The predicted molar refractivity (Wildman–Crippen MR) is 106 cm³/mol. The normalized spacial score (nSPS) is 17.7. The second-order valence-corrected chi connectivity index (χ2v) is 7.42. The van der Waals surface area contributed by atoms with Crippen LogP contribution in [0.15, 0.2) is 53.4 Å². The Bertz CT molecular complexity index is 749. The van der Waals surface area contributed by atoms with Gasteiger partial charge in [-0.05, 0) is 43.0 Å². The minimum atomic E-state index is 0.0344. The largest absolute Gasteiger partial charge is 0.373 e. The first-order valence-electron chi connectivity index (χ1n) is 8.54. The zero-order valence-electron chi connectivity index (χ0n) is 15.0. The summed E-state index contributed by atoms with van der Waals surface area (Å²) in [5.41, 5.74) is 3.38. The third-order valence-electron chi connectivity index (χ3n) is 4.64. The summed E-state index contributed by atoms with van der Waals surface area (Å²) in [6, 6.07) is 16.7. The van der Waals surface area contributed by atoms with Gasteiger partial charge in [0.15, 0.2) is 0 Å². The molecule has 0 fully saturated rings. The molecule has 3 rings (SSSR count). The fraction of sp³-hybridized carbons (Fsp3) is 0.350. The van der Waals surface area contributed by atoms with E-state index in [9.17, 15) is 4.79 Å². The maximum absolute atomic E-state index is 12.6. The van der Waals surface area contributed by atoms with Crippen LogP contribution in [0.4, 0.5) is 11.4 Å². The highest BCUT2D eigenvalue weighted by Gasteiger charge is 2.24. The first kappa shape index (κ1) is 17.8. The van der Waals surface area contributed by atoms with Crippen molar-refractivity contribution < 1.29 is 4.79 Å². The molecule has 132 valence electrons. The van der Waals surface area contributed by atoms with Crippen molar-refractivity contribution in [3.05, 3.63) is 54.1 Å². The molecule has 0 radical (unpaired) electrons. The third kappa shape index (κ3) is 4.35. The highest BCUT2D eigenvalue weighted by atomic mass is 32.2. The zero-order valence-corrected chi connectivity index (χ0v) is 15.8. The SMILES string of the molecule is CSc1cccc(NC(=O)CN2Cc3ccccc3N(C)CC2C)c1. The molecule has 0 spiro atoms. The topological polar surface area (TPSA) is 35.6 Å². The lowest BCUT2D eigenvalue weighted by molar-refractivity contribution is -0.117. The van der Waals surface area contributed by atoms with E-state index in [4.69, 9.17) is 0 Å². The smallest absolute Gasteiger partial charge is 0.238 e. The van der Waals surface area contributed by atoms with Crippen molar-refractivity contribution in [3.8, 4) is 0 Å². The molecule has 25 heavy (non-hydrogen) atoms. The molecule has 1 heterocycles. The monoisotopic (exact) mass is 355 g/mol. The molecule has 1 atom stereocenters. The number of fused-ring (bicyclic) bond motifs is 1. The van der Waals surface area contributed by atoms with Crippen molar-refractivity contribution in [2.45, 2.75) is 24.4 Å². The van der Waals surface area contributed by atoms with Gasteiger partial charge in [0.05, 0.1) is 6.54 Å². The van der Waals surface area contributed by atoms with Gasteiger partial charge in [0.25, 0.3) is 0 Å². The van der Waals surface area contributed by atoms with E-state index in [2.05, 4.69) is 53.4 Å². The lowest BCUT2D eigenvalue weighted by Crippen LogP contribution is -2.42. The standard InChI is InChI=1S/C20H25N3OS/c1-15-12-22(2)19-10-5-4-7-16(19)13-23(15)14-20(24)21-17-8-6-9-18(11-17)25-3/h4-11,15H,12-14H2,1-3H3,(H,21,24). The summed E-state index contributed by atoms with van der Waals surface area (Å²) >= 11 is 1.67. The highest BCUT2D eigenvalue weighted by Crippen LogP contribution is 2.26. The van der Waals surface area contributed by atoms with Gasteiger partial charge in [-0.15, -0.1) is 11.8 Å². The molecule has 1 unspecified atom stereocenters. The van der Waals surface area contributed by atoms with Gasteiger partial charge in [-0.25, -0.2) is 0 Å². The minimum Gasteiger partial charge on any atom is -0.373 e. The molecule has 4 nitrogen and oxygen atoms in total. The van der Waals surface area contributed by atoms with Crippen molar-refractivity contribution in [3.63, 3.8) is 0 Å². The van der Waals surface area contributed by atoms with Crippen molar-refractivity contribution in [2.24, 2.45) is 0 Å². The molecular formula is C20H25N3OS. The van der Waals surface area contributed by atoms with E-state index in [1.807, 2.05) is 30.5 Å². The summed E-state index contributed by atoms with van der Waals surface area (Å²) in [5, 5.41) is 3.03. The first-order valence-corrected chi connectivity index (χ1v) is 9.76. The predicted octanol–water partition coefficient (Wildman–Crippen LogP) is 3.69. The van der Waals surface area contributed by atoms with E-state index >= 15 is 0 Å². The summed E-state index contributed by atoms with van der Waals surface area (Å²) in [6.45, 7) is 4.28. The lowest BCUT2D eigenvalue weighted by atomic mass is 10.1. The van der Waals surface area contributed by atoms with Gasteiger partial charge in [0.2, 0.25) is 5.91 Å². The molecule has 0 aromatic heterocycles. The van der Waals surface area contributed by atoms with E-state index in [1.165, 1.54) is 11.3 Å². The van der Waals surface area contributed by atoms with Gasteiger partial charge in [0, 0.05) is 42.4 Å². The molecule has 0 saturated heterocycles. The molecule has 0 aliphatic carbocycles. The first-order chi connectivity index (χ1) is 12.1. The zero-order chi connectivity index (χ0) is 17.8. The van der Waals surface area contributed by atoms with Gasteiger partial charge >= 0.3 is 0 Å². The Morgan fingerprint density at radius 1 is 1.24 bits per heavy atom. The number of nitrogens with one attached hydrogen (secondary N) is 1. The molecule has 5 heteroatoms. The van der Waals surface area contributed by atoms with E-state index in [-0.39, 0.29) is 5.91 Å². The molecule has 1 amide bonds.